The van der Waals surface area contributed by atoms with Crippen molar-refractivity contribution in [3.63, 3.8) is 0 Å². The van der Waals surface area contributed by atoms with Crippen LogP contribution in [0.25, 0.3) is 0 Å². The van der Waals surface area contributed by atoms with Gasteiger partial charge in [-0.3, -0.25) is 9.83 Å². The summed E-state index contributed by atoms with van der Waals surface area (Å²) in [7, 11) is -1.19. The molecule has 0 atom stereocenters. The molecular weight excluding hydrogens is 88.1 g/mol. The molecule has 0 aliphatic rings. The van der Waals surface area contributed by atoms with Gasteiger partial charge in [-0.15, -0.1) is 0 Å². The maximum absolute atomic E-state index is 9.18. The lowest BCUT2D eigenvalue weighted by molar-refractivity contribution is -0.135. The van der Waals surface area contributed by atoms with E-state index in [2.05, 4.69) is 4.58 Å². The number of hydrogen-bond donors (Lipinski definition) is 1. The molecule has 0 amide bonds. The third kappa shape index (κ3) is 3.81. The molecule has 30 valence electrons. The molecule has 0 aliphatic heterocycles. The van der Waals surface area contributed by atoms with Crippen molar-refractivity contribution in [2.24, 2.45) is 0 Å². The van der Waals surface area contributed by atoms with Crippen molar-refractivity contribution in [2.75, 3.05) is 0 Å². The van der Waals surface area contributed by atoms with Crippen molar-refractivity contribution in [2.45, 2.75) is 0 Å². The Balaban J connectivity index is 2.40. The van der Waals surface area contributed by atoms with Crippen molar-refractivity contribution in [1.82, 2.24) is 0 Å². The summed E-state index contributed by atoms with van der Waals surface area (Å²) < 4.78 is 3.46. The quantitative estimate of drug-likeness (QED) is 0.200. The van der Waals surface area contributed by atoms with Gasteiger partial charge in [-0.05, 0) is 0 Å². The highest BCUT2D eigenvalue weighted by Crippen LogP contribution is 1.43. The monoisotopic (exact) mass is 92.0 g/mol. The summed E-state index contributed by atoms with van der Waals surface area (Å²) in [5, 5.41) is 7.40. The number of carbonyl (C=O) groups is 1. The number of rotatable bonds is 2. The highest BCUT2D eigenvalue weighted by Gasteiger charge is 1.70. The van der Waals surface area contributed by atoms with Gasteiger partial charge in [-0.25, -0.2) is 0 Å². The Morgan fingerprint density at radius 2 is 2.60 bits per heavy atom. The first kappa shape index (κ1) is 4.81. The van der Waals surface area contributed by atoms with Gasteiger partial charge in [0.2, 0.25) is 0 Å². The molecule has 0 radical (unpaired) electrons. The first-order chi connectivity index (χ1) is 2.41. The van der Waals surface area contributed by atoms with E-state index in [4.69, 9.17) is 5.26 Å². The second-order valence-corrected chi connectivity index (χ2v) is 1.39. The summed E-state index contributed by atoms with van der Waals surface area (Å²) in [5.74, 6) is 0.597. The topological polar surface area (TPSA) is 46.5 Å². The standard InChI is InChI=1S/CH4O3Si/c2-1-5-4-3/h1,3H,5H2. The molecule has 0 rings (SSSR count). The Bertz CT molecular complexity index is 28.1. The molecular formula is CH4O3Si. The van der Waals surface area contributed by atoms with Crippen LogP contribution < -0.4 is 0 Å². The minimum Gasteiger partial charge on any atom is -0.306 e. The minimum atomic E-state index is -1.19. The van der Waals surface area contributed by atoms with Crippen LogP contribution in [-0.4, -0.2) is 20.9 Å². The molecule has 0 spiro atoms. The maximum Gasteiger partial charge on any atom is 0.276 e. The second-order valence-electron chi connectivity index (χ2n) is 0.462. The average molecular weight is 92.1 g/mol. The Labute approximate surface area is 31.4 Å². The van der Waals surface area contributed by atoms with Gasteiger partial charge >= 0.3 is 0 Å². The molecule has 0 saturated heterocycles. The van der Waals surface area contributed by atoms with E-state index >= 15 is 0 Å². The zero-order valence-corrected chi connectivity index (χ0v) is 3.96. The SMILES string of the molecule is O=C[SiH2]OO. The van der Waals surface area contributed by atoms with E-state index in [1.165, 1.54) is 0 Å². The summed E-state index contributed by atoms with van der Waals surface area (Å²) in [6, 6.07) is 0. The van der Waals surface area contributed by atoms with Crippen LogP contribution in [0.2, 0.25) is 0 Å². The Morgan fingerprint density at radius 1 is 2.00 bits per heavy atom. The van der Waals surface area contributed by atoms with E-state index in [-0.39, 0.29) is 0 Å². The van der Waals surface area contributed by atoms with E-state index in [0.717, 1.165) is 0 Å². The van der Waals surface area contributed by atoms with Crippen molar-refractivity contribution >= 4 is 15.7 Å². The summed E-state index contributed by atoms with van der Waals surface area (Å²) >= 11 is 0. The summed E-state index contributed by atoms with van der Waals surface area (Å²) in [4.78, 5) is 9.18. The van der Waals surface area contributed by atoms with Gasteiger partial charge < -0.3 is 4.79 Å². The first-order valence-corrected chi connectivity index (χ1v) is 2.51. The minimum absolute atomic E-state index is 0.597. The van der Waals surface area contributed by atoms with Gasteiger partial charge in [0.05, 0.1) is 0 Å². The Kier molecular flexibility index (Phi) is 3.66. The van der Waals surface area contributed by atoms with E-state index < -0.39 is 9.76 Å². The van der Waals surface area contributed by atoms with Crippen LogP contribution in [0.1, 0.15) is 0 Å². The highest BCUT2D eigenvalue weighted by molar-refractivity contribution is 6.60. The van der Waals surface area contributed by atoms with Gasteiger partial charge in [-0.2, -0.15) is 0 Å². The van der Waals surface area contributed by atoms with Crippen molar-refractivity contribution < 1.29 is 14.6 Å². The fraction of sp³-hybridized carbons (Fsp3) is 0. The van der Waals surface area contributed by atoms with Crippen molar-refractivity contribution in [1.29, 1.82) is 0 Å². The average Bonchev–Trinajstić information content (AvgIpc) is 1.41. The van der Waals surface area contributed by atoms with Gasteiger partial charge in [-0.1, -0.05) is 0 Å². The van der Waals surface area contributed by atoms with Crippen LogP contribution in [0, 0.1) is 0 Å². The third-order valence-corrected chi connectivity index (χ3v) is 0.428. The molecule has 1 N–H and O–H groups in total. The van der Waals surface area contributed by atoms with Crippen LogP contribution in [0.15, 0.2) is 0 Å². The number of hydrogen-bond acceptors (Lipinski definition) is 3. The van der Waals surface area contributed by atoms with E-state index in [1.54, 1.807) is 0 Å². The van der Waals surface area contributed by atoms with Gasteiger partial charge in [0.1, 0.15) is 5.91 Å². The fourth-order valence-corrected chi connectivity index (χ4v) is 0.0913. The largest absolute Gasteiger partial charge is 0.306 e. The van der Waals surface area contributed by atoms with Crippen LogP contribution in [0.3, 0.4) is 0 Å². The fourth-order valence-electron chi connectivity index (χ4n) is 0.0304. The molecule has 0 aromatic rings. The van der Waals surface area contributed by atoms with Crippen molar-refractivity contribution in [3.05, 3.63) is 0 Å². The molecule has 0 saturated carbocycles. The zero-order valence-electron chi connectivity index (χ0n) is 2.55. The molecule has 0 aromatic carbocycles. The molecule has 0 fully saturated rings. The van der Waals surface area contributed by atoms with E-state index in [0.29, 0.717) is 5.91 Å². The van der Waals surface area contributed by atoms with Gasteiger partial charge in [0.25, 0.3) is 9.76 Å². The molecule has 5 heavy (non-hydrogen) atoms. The Hall–Kier alpha value is -0.193. The predicted octanol–water partition coefficient (Wildman–Crippen LogP) is -1.25. The Morgan fingerprint density at radius 3 is 2.60 bits per heavy atom. The van der Waals surface area contributed by atoms with E-state index in [9.17, 15) is 4.79 Å². The van der Waals surface area contributed by atoms with E-state index in [1.807, 2.05) is 0 Å². The van der Waals surface area contributed by atoms with Gasteiger partial charge in [0, 0.05) is 0 Å². The summed E-state index contributed by atoms with van der Waals surface area (Å²) in [5.41, 5.74) is 0. The normalized spacial score (nSPS) is 9.80. The van der Waals surface area contributed by atoms with Crippen LogP contribution in [0.5, 0.6) is 0 Å². The molecule has 0 aromatic heterocycles. The smallest absolute Gasteiger partial charge is 0.276 e. The second kappa shape index (κ2) is 3.81. The molecule has 0 heterocycles. The third-order valence-electron chi connectivity index (χ3n) is 0.143. The molecule has 4 heteroatoms. The lowest BCUT2D eigenvalue weighted by Gasteiger charge is -1.72. The van der Waals surface area contributed by atoms with Gasteiger partial charge in [0.15, 0.2) is 0 Å². The first-order valence-electron chi connectivity index (χ1n) is 1.12. The summed E-state index contributed by atoms with van der Waals surface area (Å²) in [6.45, 7) is 0. The number of carbonyl (C=O) groups excluding carboxylic acids is 1. The molecule has 3 nitrogen and oxygen atoms in total. The lowest BCUT2D eigenvalue weighted by Crippen LogP contribution is -1.92. The molecule has 0 bridgehead atoms. The maximum atomic E-state index is 9.18. The molecule has 0 aliphatic carbocycles. The van der Waals surface area contributed by atoms with Crippen LogP contribution in [0.4, 0.5) is 0 Å². The van der Waals surface area contributed by atoms with Crippen molar-refractivity contribution in [3.8, 4) is 0 Å². The lowest BCUT2D eigenvalue weighted by atomic mass is 11.8. The zero-order chi connectivity index (χ0) is 4.12. The summed E-state index contributed by atoms with van der Waals surface area (Å²) in [6.07, 6.45) is 0. The molecule has 0 unspecified atom stereocenters. The highest BCUT2D eigenvalue weighted by atomic mass is 28.2. The van der Waals surface area contributed by atoms with Crippen LogP contribution in [-0.2, 0) is 9.37 Å². The van der Waals surface area contributed by atoms with Crippen LogP contribution >= 0.6 is 0 Å². The predicted molar refractivity (Wildman–Crippen MR) is 19.0 cm³/mol.